The van der Waals surface area contributed by atoms with E-state index in [-0.39, 0.29) is 41.6 Å². The molecule has 0 bridgehead atoms. The van der Waals surface area contributed by atoms with Crippen molar-refractivity contribution in [1.29, 1.82) is 0 Å². The van der Waals surface area contributed by atoms with Crippen LogP contribution in [0.15, 0.2) is 103 Å². The number of benzene rings is 4. The molecule has 0 spiro atoms. The highest BCUT2D eigenvalue weighted by atomic mass is 31.2. The van der Waals surface area contributed by atoms with Crippen molar-refractivity contribution in [1.82, 2.24) is 19.6 Å². The van der Waals surface area contributed by atoms with Crippen LogP contribution in [0, 0.1) is 0 Å². The number of ether oxygens (including phenoxy) is 6. The monoisotopic (exact) mass is 1010 g/mol. The normalized spacial score (nSPS) is 19.4. The Bertz CT molecular complexity index is 2770. The summed E-state index contributed by atoms with van der Waals surface area (Å²) in [6.07, 6.45) is -4.43. The average Bonchev–Trinajstić information content (AvgIpc) is 3.78. The first-order valence-corrected chi connectivity index (χ1v) is 25.6. The van der Waals surface area contributed by atoms with Gasteiger partial charge in [-0.3, -0.25) is 4.57 Å². The number of anilines is 1. The van der Waals surface area contributed by atoms with Gasteiger partial charge in [0.05, 0.1) is 17.6 Å². The summed E-state index contributed by atoms with van der Waals surface area (Å²) in [7, 11) is -4.45. The molecule has 2 fully saturated rings. The van der Waals surface area contributed by atoms with Crippen LogP contribution in [0.1, 0.15) is 98.4 Å². The number of nitrogens with zero attached hydrogens (tertiary/aromatic N) is 5. The number of carbonyl (C=O) groups excluding carboxylic acids is 4. The fourth-order valence-electron chi connectivity index (χ4n) is 8.71. The largest absolute Gasteiger partial charge is 0.481 e. The molecule has 0 radical (unpaired) electrons. The predicted molar refractivity (Wildman–Crippen MR) is 268 cm³/mol. The number of aromatic nitrogens is 2. The Hall–Kier alpha value is -6.30. The van der Waals surface area contributed by atoms with Crippen molar-refractivity contribution < 1.29 is 62.0 Å². The third kappa shape index (κ3) is 13.6. The standard InChI is InChI=1S/C53H66N5O13P/c1-50(2,3)69-47(60)57(48(61)70-51(4,5)6)45-39-28-37(24-27-40(39)58(54-45)49(62)71-52(7,8)9)32-56-42(30-35-20-16-13-17-21-35)44-43(67-53(10,11)68-44)41(29-34-18-14-12-15-19-34)55(46(56)59)31-36-22-25-38(26-23-36)66-33-72(63,64)65/h12-28,41-44H,29-33H2,1-11H3,(H2,63,64,65)/t41-,42-,43+,44+/m1/s1. The van der Waals surface area contributed by atoms with Crippen LogP contribution in [-0.4, -0.2) is 107 Å². The molecule has 18 nitrogen and oxygen atoms in total. The first-order chi connectivity index (χ1) is 33.5. The van der Waals surface area contributed by atoms with Gasteiger partial charge in [-0.05, 0) is 136 Å². The van der Waals surface area contributed by atoms with Gasteiger partial charge in [-0.2, -0.15) is 9.58 Å². The fourth-order valence-corrected chi connectivity index (χ4v) is 9.03. The molecule has 0 aliphatic carbocycles. The molecule has 1 aromatic heterocycles. The maximum absolute atomic E-state index is 16.0. The highest BCUT2D eigenvalue weighted by Gasteiger charge is 2.55. The highest BCUT2D eigenvalue weighted by Crippen LogP contribution is 2.42. The number of fused-ring (bicyclic) bond motifs is 2. The van der Waals surface area contributed by atoms with Crippen LogP contribution in [0.4, 0.5) is 25.0 Å². The lowest BCUT2D eigenvalue weighted by Gasteiger charge is -2.37. The Kier molecular flexibility index (Phi) is 15.4. The van der Waals surface area contributed by atoms with Crippen LogP contribution in [0.5, 0.6) is 5.75 Å². The molecule has 2 aliphatic heterocycles. The van der Waals surface area contributed by atoms with E-state index in [1.807, 2.05) is 74.5 Å². The molecule has 72 heavy (non-hydrogen) atoms. The lowest BCUT2D eigenvalue weighted by molar-refractivity contribution is -0.157. The van der Waals surface area contributed by atoms with Gasteiger partial charge >= 0.3 is 31.9 Å². The Morgan fingerprint density at radius 2 is 1.12 bits per heavy atom. The van der Waals surface area contributed by atoms with Gasteiger partial charge in [0, 0.05) is 18.5 Å². The smallest absolute Gasteiger partial charge is 0.435 e. The van der Waals surface area contributed by atoms with E-state index < -0.39 is 79.1 Å². The summed E-state index contributed by atoms with van der Waals surface area (Å²) >= 11 is 0. The molecule has 4 amide bonds. The summed E-state index contributed by atoms with van der Waals surface area (Å²) in [4.78, 5) is 81.2. The molecule has 5 aromatic rings. The molecule has 2 aliphatic rings. The van der Waals surface area contributed by atoms with Crippen LogP contribution >= 0.6 is 7.60 Å². The highest BCUT2D eigenvalue weighted by molar-refractivity contribution is 7.51. The zero-order chi connectivity index (χ0) is 52.6. The number of rotatable bonds is 12. The molecule has 386 valence electrons. The summed E-state index contributed by atoms with van der Waals surface area (Å²) in [6, 6.07) is 29.7. The number of imide groups is 1. The number of carbonyl (C=O) groups is 4. The van der Waals surface area contributed by atoms with Crippen molar-refractivity contribution in [3.63, 3.8) is 0 Å². The lowest BCUT2D eigenvalue weighted by Crippen LogP contribution is -2.51. The average molecular weight is 1010 g/mol. The van der Waals surface area contributed by atoms with Crippen LogP contribution < -0.4 is 9.64 Å². The van der Waals surface area contributed by atoms with Gasteiger partial charge in [-0.25, -0.2) is 19.2 Å². The summed E-state index contributed by atoms with van der Waals surface area (Å²) in [5.74, 6) is -1.09. The quantitative estimate of drug-likeness (QED) is 0.0881. The third-order valence-corrected chi connectivity index (χ3v) is 11.9. The van der Waals surface area contributed by atoms with Crippen molar-refractivity contribution in [2.24, 2.45) is 0 Å². The molecule has 0 unspecified atom stereocenters. The van der Waals surface area contributed by atoms with E-state index in [0.717, 1.165) is 15.8 Å². The Morgan fingerprint density at radius 1 is 0.667 bits per heavy atom. The SMILES string of the molecule is CC(C)(C)OC(=O)N(C(=O)OC(C)(C)C)c1nn(C(=O)OC(C)(C)C)c2ccc(CN3C(=O)N(Cc4ccc(OCP(=O)(O)O)cc4)[C@H](Cc4ccccc4)[C@@H]4OC(C)(C)O[C@H]4[C@H]3Cc3ccccc3)cc12. The van der Waals surface area contributed by atoms with E-state index in [2.05, 4.69) is 5.10 Å². The Balaban J connectivity index is 1.40. The van der Waals surface area contributed by atoms with Crippen molar-refractivity contribution in [2.45, 2.75) is 149 Å². The molecule has 2 saturated heterocycles. The zero-order valence-corrected chi connectivity index (χ0v) is 43.6. The van der Waals surface area contributed by atoms with Gasteiger partial charge in [0.1, 0.15) is 34.8 Å². The van der Waals surface area contributed by atoms with E-state index >= 15 is 4.79 Å². The van der Waals surface area contributed by atoms with E-state index in [4.69, 9.17) is 28.4 Å². The van der Waals surface area contributed by atoms with Gasteiger partial charge in [-0.15, -0.1) is 5.10 Å². The number of hydrogen-bond donors (Lipinski definition) is 2. The molecule has 4 atom stereocenters. The minimum absolute atomic E-state index is 0.0427. The Morgan fingerprint density at radius 3 is 1.58 bits per heavy atom. The molecular formula is C53H66N5O13P. The minimum atomic E-state index is -4.45. The summed E-state index contributed by atoms with van der Waals surface area (Å²) in [5.41, 5.74) is 0.260. The van der Waals surface area contributed by atoms with Crippen molar-refractivity contribution >= 4 is 48.6 Å². The lowest BCUT2D eigenvalue weighted by atomic mass is 9.91. The topological polar surface area (TPSA) is 209 Å². The van der Waals surface area contributed by atoms with E-state index in [1.54, 1.807) is 115 Å². The van der Waals surface area contributed by atoms with Crippen LogP contribution in [0.25, 0.3) is 10.9 Å². The molecule has 4 aromatic carbocycles. The predicted octanol–water partition coefficient (Wildman–Crippen LogP) is 10.2. The molecule has 0 saturated carbocycles. The maximum atomic E-state index is 16.0. The second-order valence-electron chi connectivity index (χ2n) is 21.6. The van der Waals surface area contributed by atoms with E-state index in [0.29, 0.717) is 28.9 Å². The second-order valence-corrected chi connectivity index (χ2v) is 23.2. The summed E-state index contributed by atoms with van der Waals surface area (Å²) < 4.78 is 48.9. The van der Waals surface area contributed by atoms with Crippen LogP contribution in [0.2, 0.25) is 0 Å². The fraction of sp³-hybridized carbons (Fsp3) is 0.453. The summed E-state index contributed by atoms with van der Waals surface area (Å²) in [6.45, 7) is 18.7. The van der Waals surface area contributed by atoms with Gasteiger partial charge < -0.3 is 48.0 Å². The molecule has 7 rings (SSSR count). The first kappa shape index (κ1) is 53.5. The third-order valence-electron chi connectivity index (χ3n) is 11.5. The van der Waals surface area contributed by atoms with Crippen LogP contribution in [-0.2, 0) is 54.2 Å². The Labute approximate surface area is 420 Å². The van der Waals surface area contributed by atoms with Gasteiger partial charge in [-0.1, -0.05) is 78.9 Å². The molecular weight excluding hydrogens is 946 g/mol. The van der Waals surface area contributed by atoms with E-state index in [1.165, 1.54) is 0 Å². The first-order valence-electron chi connectivity index (χ1n) is 23.8. The maximum Gasteiger partial charge on any atom is 0.435 e. The van der Waals surface area contributed by atoms with Crippen LogP contribution in [0.3, 0.4) is 0 Å². The molecule has 2 N–H and O–H groups in total. The minimum Gasteiger partial charge on any atom is -0.481 e. The zero-order valence-electron chi connectivity index (χ0n) is 42.7. The van der Waals surface area contributed by atoms with Crippen molar-refractivity contribution in [3.8, 4) is 5.75 Å². The van der Waals surface area contributed by atoms with Gasteiger partial charge in [0.15, 0.2) is 18.0 Å². The molecule has 19 heteroatoms. The van der Waals surface area contributed by atoms with E-state index in [9.17, 15) is 28.7 Å². The molecule has 3 heterocycles. The number of amides is 4. The van der Waals surface area contributed by atoms with Crippen molar-refractivity contribution in [3.05, 3.63) is 125 Å². The number of hydrogen-bond acceptors (Lipinski definition) is 12. The second kappa shape index (κ2) is 20.7. The van der Waals surface area contributed by atoms with Gasteiger partial charge in [0.25, 0.3) is 0 Å². The van der Waals surface area contributed by atoms with Gasteiger partial charge in [0.2, 0.25) is 0 Å². The number of urea groups is 1. The van der Waals surface area contributed by atoms with Crippen molar-refractivity contribution in [2.75, 3.05) is 11.2 Å². The summed E-state index contributed by atoms with van der Waals surface area (Å²) in [5, 5.41) is 4.73.